The predicted octanol–water partition coefficient (Wildman–Crippen LogP) is 2.18. The van der Waals surface area contributed by atoms with Gasteiger partial charge in [0.05, 0.1) is 5.56 Å². The molecule has 0 heterocycles. The van der Waals surface area contributed by atoms with Gasteiger partial charge in [-0.15, -0.1) is 0 Å². The number of esters is 1. The lowest BCUT2D eigenvalue weighted by atomic mass is 10.0. The molecular formula is C19H25FN2O4. The topological polar surface area (TPSA) is 84.5 Å². The standard InChI is InChI=1S/C19H25FN2O4/c1-12(2)17(22-18(24)14-9-5-6-10-15(14)20)19(25)26-11-16(23)21-13-7-3-4-8-13/h5-6,9-10,12-13,17H,3-4,7-8,11H2,1-2H3,(H,21,23)(H,22,24)/t17-/m0/s1. The van der Waals surface area contributed by atoms with Crippen molar-refractivity contribution in [2.75, 3.05) is 6.61 Å². The van der Waals surface area contributed by atoms with Crippen LogP contribution < -0.4 is 10.6 Å². The van der Waals surface area contributed by atoms with Crippen LogP contribution in [-0.4, -0.2) is 36.5 Å². The Labute approximate surface area is 152 Å². The Morgan fingerprint density at radius 1 is 1.19 bits per heavy atom. The summed E-state index contributed by atoms with van der Waals surface area (Å²) in [7, 11) is 0. The average molecular weight is 364 g/mol. The number of halogens is 1. The molecule has 1 aromatic carbocycles. The molecule has 0 radical (unpaired) electrons. The summed E-state index contributed by atoms with van der Waals surface area (Å²) in [5, 5.41) is 5.31. The van der Waals surface area contributed by atoms with E-state index in [4.69, 9.17) is 4.74 Å². The van der Waals surface area contributed by atoms with E-state index in [0.717, 1.165) is 25.7 Å². The summed E-state index contributed by atoms with van der Waals surface area (Å²) in [4.78, 5) is 36.3. The molecule has 0 bridgehead atoms. The summed E-state index contributed by atoms with van der Waals surface area (Å²) >= 11 is 0. The zero-order chi connectivity index (χ0) is 19.1. The van der Waals surface area contributed by atoms with Crippen LogP contribution in [0.1, 0.15) is 49.9 Å². The van der Waals surface area contributed by atoms with E-state index in [1.807, 2.05) is 0 Å². The molecule has 6 nitrogen and oxygen atoms in total. The molecule has 1 aromatic rings. The molecule has 1 saturated carbocycles. The molecule has 2 N–H and O–H groups in total. The summed E-state index contributed by atoms with van der Waals surface area (Å²) < 4.78 is 18.8. The summed E-state index contributed by atoms with van der Waals surface area (Å²) in [6.45, 7) is 3.06. The zero-order valence-electron chi connectivity index (χ0n) is 15.1. The van der Waals surface area contributed by atoms with Gasteiger partial charge in [0.15, 0.2) is 6.61 Å². The highest BCUT2D eigenvalue weighted by Crippen LogP contribution is 2.17. The van der Waals surface area contributed by atoms with Crippen LogP contribution in [0.2, 0.25) is 0 Å². The van der Waals surface area contributed by atoms with E-state index in [9.17, 15) is 18.8 Å². The van der Waals surface area contributed by atoms with Crippen LogP contribution in [0.15, 0.2) is 24.3 Å². The first-order chi connectivity index (χ1) is 12.4. The van der Waals surface area contributed by atoms with Gasteiger partial charge in [-0.25, -0.2) is 9.18 Å². The predicted molar refractivity (Wildman–Crippen MR) is 93.8 cm³/mol. The fraction of sp³-hybridized carbons (Fsp3) is 0.526. The molecule has 1 aliphatic rings. The Morgan fingerprint density at radius 2 is 1.85 bits per heavy atom. The highest BCUT2D eigenvalue weighted by Gasteiger charge is 2.28. The Morgan fingerprint density at radius 3 is 2.46 bits per heavy atom. The van der Waals surface area contributed by atoms with Gasteiger partial charge >= 0.3 is 5.97 Å². The van der Waals surface area contributed by atoms with E-state index < -0.39 is 30.3 Å². The highest BCUT2D eigenvalue weighted by atomic mass is 19.1. The van der Waals surface area contributed by atoms with Crippen molar-refractivity contribution >= 4 is 17.8 Å². The lowest BCUT2D eigenvalue weighted by Gasteiger charge is -2.21. The summed E-state index contributed by atoms with van der Waals surface area (Å²) in [5.41, 5.74) is -0.148. The Hall–Kier alpha value is -2.44. The number of carbonyl (C=O) groups is 3. The van der Waals surface area contributed by atoms with Crippen molar-refractivity contribution < 1.29 is 23.5 Å². The van der Waals surface area contributed by atoms with E-state index in [0.29, 0.717) is 0 Å². The van der Waals surface area contributed by atoms with Gasteiger partial charge in [0.2, 0.25) is 0 Å². The van der Waals surface area contributed by atoms with Crippen LogP contribution in [0.25, 0.3) is 0 Å². The maximum absolute atomic E-state index is 13.7. The lowest BCUT2D eigenvalue weighted by molar-refractivity contribution is -0.151. The molecule has 26 heavy (non-hydrogen) atoms. The first kappa shape index (κ1) is 19.9. The van der Waals surface area contributed by atoms with Gasteiger partial charge in [-0.2, -0.15) is 0 Å². The largest absolute Gasteiger partial charge is 0.454 e. The normalized spacial score (nSPS) is 15.5. The third kappa shape index (κ3) is 5.54. The molecule has 0 saturated heterocycles. The van der Waals surface area contributed by atoms with E-state index in [1.165, 1.54) is 24.3 Å². The molecule has 0 spiro atoms. The second-order valence-corrected chi connectivity index (χ2v) is 6.83. The molecule has 7 heteroatoms. The van der Waals surface area contributed by atoms with Crippen LogP contribution in [0.3, 0.4) is 0 Å². The van der Waals surface area contributed by atoms with E-state index in [2.05, 4.69) is 10.6 Å². The van der Waals surface area contributed by atoms with Crippen molar-refractivity contribution in [2.45, 2.75) is 51.6 Å². The number of ether oxygens (including phenoxy) is 1. The monoisotopic (exact) mass is 364 g/mol. The van der Waals surface area contributed by atoms with Crippen LogP contribution in [-0.2, 0) is 14.3 Å². The number of rotatable bonds is 7. The fourth-order valence-electron chi connectivity index (χ4n) is 2.93. The molecule has 2 amide bonds. The van der Waals surface area contributed by atoms with Gasteiger partial charge in [-0.05, 0) is 30.9 Å². The van der Waals surface area contributed by atoms with E-state index in [1.54, 1.807) is 13.8 Å². The van der Waals surface area contributed by atoms with Crippen molar-refractivity contribution in [3.63, 3.8) is 0 Å². The second kappa shape index (κ2) is 9.31. The Kier molecular flexibility index (Phi) is 7.12. The molecule has 1 aliphatic carbocycles. The first-order valence-corrected chi connectivity index (χ1v) is 8.90. The van der Waals surface area contributed by atoms with E-state index in [-0.39, 0.29) is 23.4 Å². The maximum atomic E-state index is 13.7. The third-order valence-corrected chi connectivity index (χ3v) is 4.39. The van der Waals surface area contributed by atoms with E-state index >= 15 is 0 Å². The number of hydrogen-bond acceptors (Lipinski definition) is 4. The maximum Gasteiger partial charge on any atom is 0.329 e. The zero-order valence-corrected chi connectivity index (χ0v) is 15.1. The lowest BCUT2D eigenvalue weighted by Crippen LogP contribution is -2.46. The Bertz CT molecular complexity index is 657. The van der Waals surface area contributed by atoms with Crippen LogP contribution in [0.5, 0.6) is 0 Å². The summed E-state index contributed by atoms with van der Waals surface area (Å²) in [6, 6.07) is 4.69. The summed E-state index contributed by atoms with van der Waals surface area (Å²) in [6.07, 6.45) is 4.05. The quantitative estimate of drug-likeness (QED) is 0.727. The first-order valence-electron chi connectivity index (χ1n) is 8.90. The van der Waals surface area contributed by atoms with Gasteiger partial charge in [-0.1, -0.05) is 38.8 Å². The minimum absolute atomic E-state index is 0.142. The van der Waals surface area contributed by atoms with Crippen LogP contribution in [0.4, 0.5) is 4.39 Å². The smallest absolute Gasteiger partial charge is 0.329 e. The minimum Gasteiger partial charge on any atom is -0.454 e. The van der Waals surface area contributed by atoms with Crippen molar-refractivity contribution in [1.82, 2.24) is 10.6 Å². The molecule has 0 aromatic heterocycles. The van der Waals surface area contributed by atoms with Crippen molar-refractivity contribution in [3.8, 4) is 0 Å². The number of amides is 2. The van der Waals surface area contributed by atoms with Gasteiger partial charge in [-0.3, -0.25) is 9.59 Å². The van der Waals surface area contributed by atoms with Crippen molar-refractivity contribution in [3.05, 3.63) is 35.6 Å². The van der Waals surface area contributed by atoms with Gasteiger partial charge in [0.1, 0.15) is 11.9 Å². The van der Waals surface area contributed by atoms with Gasteiger partial charge in [0.25, 0.3) is 11.8 Å². The van der Waals surface area contributed by atoms with Crippen LogP contribution in [0, 0.1) is 11.7 Å². The molecule has 1 fully saturated rings. The number of carbonyl (C=O) groups excluding carboxylic acids is 3. The average Bonchev–Trinajstić information content (AvgIpc) is 3.10. The fourth-order valence-corrected chi connectivity index (χ4v) is 2.93. The summed E-state index contributed by atoms with van der Waals surface area (Å²) in [5.74, 6) is -2.72. The Balaban J connectivity index is 1.89. The number of benzene rings is 1. The number of nitrogens with one attached hydrogen (secondary N) is 2. The van der Waals surface area contributed by atoms with Crippen molar-refractivity contribution in [2.24, 2.45) is 5.92 Å². The number of hydrogen-bond donors (Lipinski definition) is 2. The van der Waals surface area contributed by atoms with Gasteiger partial charge < -0.3 is 15.4 Å². The highest BCUT2D eigenvalue weighted by molar-refractivity contribution is 5.97. The molecule has 2 rings (SSSR count). The second-order valence-electron chi connectivity index (χ2n) is 6.83. The van der Waals surface area contributed by atoms with Crippen molar-refractivity contribution in [1.29, 1.82) is 0 Å². The van der Waals surface area contributed by atoms with Crippen LogP contribution >= 0.6 is 0 Å². The minimum atomic E-state index is -0.971. The van der Waals surface area contributed by atoms with Gasteiger partial charge in [0, 0.05) is 6.04 Å². The molecule has 0 unspecified atom stereocenters. The molecule has 1 atom stereocenters. The third-order valence-electron chi connectivity index (χ3n) is 4.39. The molecule has 142 valence electrons. The SMILES string of the molecule is CC(C)[C@H](NC(=O)c1ccccc1F)C(=O)OCC(=O)NC1CCCC1. The molecule has 0 aliphatic heterocycles. The molecular weight excluding hydrogens is 339 g/mol.